The maximum Gasteiger partial charge on any atom is 0.125 e. The van der Waals surface area contributed by atoms with Crippen molar-refractivity contribution >= 4 is 12.4 Å². The van der Waals surface area contributed by atoms with Gasteiger partial charge in [-0.05, 0) is 31.2 Å². The Morgan fingerprint density at radius 2 is 2.26 bits per heavy atom. The first-order valence-corrected chi connectivity index (χ1v) is 6.61. The lowest BCUT2D eigenvalue weighted by Gasteiger charge is -2.44. The van der Waals surface area contributed by atoms with E-state index in [1.165, 1.54) is 0 Å². The summed E-state index contributed by atoms with van der Waals surface area (Å²) in [5, 5.41) is 9.62. The zero-order chi connectivity index (χ0) is 12.5. The number of aromatic hydroxyl groups is 1. The van der Waals surface area contributed by atoms with Gasteiger partial charge in [0.1, 0.15) is 24.2 Å². The Bertz CT molecular complexity index is 439. The molecule has 4 nitrogen and oxygen atoms in total. The van der Waals surface area contributed by atoms with E-state index in [4.69, 9.17) is 9.47 Å². The standard InChI is InChI=1S/C14H19NO3.ClH/c1-2-5-15-6-7-17-14-11-8-10(16)3-4-13(11)18-9-12(14)15;/h3-4,8,12,14,16H,2,5-7,9H2,1H3;1H/t12-,14-;/m1./s1. The summed E-state index contributed by atoms with van der Waals surface area (Å²) in [4.78, 5) is 2.43. The van der Waals surface area contributed by atoms with Gasteiger partial charge in [0, 0.05) is 12.1 Å². The SMILES string of the molecule is CCCN1CCO[C@@H]2c3cc(O)ccc3OC[C@H]21.Cl. The number of hydrogen-bond acceptors (Lipinski definition) is 4. The van der Waals surface area contributed by atoms with Gasteiger partial charge in [-0.1, -0.05) is 6.92 Å². The molecule has 0 spiro atoms. The fraction of sp³-hybridized carbons (Fsp3) is 0.571. The molecule has 3 rings (SSSR count). The molecule has 0 aliphatic carbocycles. The average Bonchev–Trinajstić information content (AvgIpc) is 2.39. The van der Waals surface area contributed by atoms with Crippen LogP contribution in [0.2, 0.25) is 0 Å². The van der Waals surface area contributed by atoms with Gasteiger partial charge in [-0.3, -0.25) is 4.90 Å². The largest absolute Gasteiger partial charge is 0.508 e. The van der Waals surface area contributed by atoms with Crippen molar-refractivity contribution in [2.45, 2.75) is 25.5 Å². The van der Waals surface area contributed by atoms with E-state index in [1.54, 1.807) is 12.1 Å². The third-order valence-corrected chi connectivity index (χ3v) is 3.71. The predicted molar refractivity (Wildman–Crippen MR) is 75.2 cm³/mol. The van der Waals surface area contributed by atoms with Crippen LogP contribution in [0.1, 0.15) is 25.0 Å². The first-order chi connectivity index (χ1) is 8.79. The van der Waals surface area contributed by atoms with Crippen LogP contribution < -0.4 is 4.74 Å². The van der Waals surface area contributed by atoms with Crippen LogP contribution in [0, 0.1) is 0 Å². The van der Waals surface area contributed by atoms with Crippen LogP contribution in [0.3, 0.4) is 0 Å². The molecule has 1 saturated heterocycles. The molecule has 0 radical (unpaired) electrons. The number of nitrogens with zero attached hydrogens (tertiary/aromatic N) is 1. The predicted octanol–water partition coefficient (Wildman–Crippen LogP) is 2.36. The lowest BCUT2D eigenvalue weighted by Crippen LogP contribution is -2.52. The second-order valence-corrected chi connectivity index (χ2v) is 4.93. The maximum absolute atomic E-state index is 9.62. The Hall–Kier alpha value is -0.970. The van der Waals surface area contributed by atoms with E-state index in [9.17, 15) is 5.11 Å². The van der Waals surface area contributed by atoms with Crippen LogP contribution in [0.5, 0.6) is 11.5 Å². The van der Waals surface area contributed by atoms with Crippen molar-refractivity contribution in [1.82, 2.24) is 4.90 Å². The van der Waals surface area contributed by atoms with Crippen molar-refractivity contribution in [2.24, 2.45) is 0 Å². The van der Waals surface area contributed by atoms with Crippen molar-refractivity contribution in [2.75, 3.05) is 26.3 Å². The fourth-order valence-electron chi connectivity index (χ4n) is 2.88. The molecule has 0 aromatic heterocycles. The van der Waals surface area contributed by atoms with Crippen molar-refractivity contribution in [3.05, 3.63) is 23.8 Å². The van der Waals surface area contributed by atoms with Crippen molar-refractivity contribution < 1.29 is 14.6 Å². The van der Waals surface area contributed by atoms with Crippen LogP contribution in [0.15, 0.2) is 18.2 Å². The summed E-state index contributed by atoms with van der Waals surface area (Å²) in [6.45, 7) is 5.64. The highest BCUT2D eigenvalue weighted by molar-refractivity contribution is 5.85. The number of hydrogen-bond donors (Lipinski definition) is 1. The third-order valence-electron chi connectivity index (χ3n) is 3.71. The molecule has 106 valence electrons. The number of phenolic OH excluding ortho intramolecular Hbond substituents is 1. The van der Waals surface area contributed by atoms with Crippen LogP contribution in [-0.4, -0.2) is 42.4 Å². The van der Waals surface area contributed by atoms with E-state index in [0.29, 0.717) is 6.61 Å². The molecule has 1 fully saturated rings. The Balaban J connectivity index is 0.00000133. The van der Waals surface area contributed by atoms with Crippen LogP contribution in [0.4, 0.5) is 0 Å². The van der Waals surface area contributed by atoms with Crippen LogP contribution in [-0.2, 0) is 4.74 Å². The molecule has 2 aliphatic heterocycles. The normalized spacial score (nSPS) is 25.7. The summed E-state index contributed by atoms with van der Waals surface area (Å²) in [6, 6.07) is 5.52. The minimum Gasteiger partial charge on any atom is -0.508 e. The van der Waals surface area contributed by atoms with Gasteiger partial charge in [-0.25, -0.2) is 0 Å². The zero-order valence-electron chi connectivity index (χ0n) is 11.0. The highest BCUT2D eigenvalue weighted by Crippen LogP contribution is 2.40. The van der Waals surface area contributed by atoms with Gasteiger partial charge < -0.3 is 14.6 Å². The van der Waals surface area contributed by atoms with Crippen LogP contribution in [0.25, 0.3) is 0 Å². The molecule has 2 atom stereocenters. The molecule has 1 N–H and O–H groups in total. The van der Waals surface area contributed by atoms with Crippen molar-refractivity contribution in [3.8, 4) is 11.5 Å². The number of ether oxygens (including phenoxy) is 2. The molecule has 0 amide bonds. The highest BCUT2D eigenvalue weighted by Gasteiger charge is 2.38. The van der Waals surface area contributed by atoms with Gasteiger partial charge in [-0.15, -0.1) is 12.4 Å². The van der Waals surface area contributed by atoms with E-state index in [1.807, 2.05) is 6.07 Å². The van der Waals surface area contributed by atoms with E-state index in [0.717, 1.165) is 37.4 Å². The van der Waals surface area contributed by atoms with Crippen molar-refractivity contribution in [3.63, 3.8) is 0 Å². The van der Waals surface area contributed by atoms with Gasteiger partial charge in [-0.2, -0.15) is 0 Å². The van der Waals surface area contributed by atoms with Gasteiger partial charge in [0.25, 0.3) is 0 Å². The topological polar surface area (TPSA) is 41.9 Å². The third kappa shape index (κ3) is 2.66. The quantitative estimate of drug-likeness (QED) is 0.906. The fourth-order valence-corrected chi connectivity index (χ4v) is 2.88. The lowest BCUT2D eigenvalue weighted by molar-refractivity contribution is -0.0956. The number of halogens is 1. The second-order valence-electron chi connectivity index (χ2n) is 4.93. The smallest absolute Gasteiger partial charge is 0.125 e. The molecular formula is C14H20ClNO3. The Morgan fingerprint density at radius 1 is 1.42 bits per heavy atom. The maximum atomic E-state index is 9.62. The highest BCUT2D eigenvalue weighted by atomic mass is 35.5. The number of phenols is 1. The summed E-state index contributed by atoms with van der Waals surface area (Å²) in [5.41, 5.74) is 0.979. The number of benzene rings is 1. The first-order valence-electron chi connectivity index (χ1n) is 6.61. The molecule has 5 heteroatoms. The zero-order valence-corrected chi connectivity index (χ0v) is 11.9. The average molecular weight is 286 g/mol. The Labute approximate surface area is 119 Å². The second kappa shape index (κ2) is 5.99. The first kappa shape index (κ1) is 14.4. The summed E-state index contributed by atoms with van der Waals surface area (Å²) in [5.74, 6) is 1.11. The minimum atomic E-state index is 0. The van der Waals surface area contributed by atoms with Crippen molar-refractivity contribution in [1.29, 1.82) is 0 Å². The molecule has 0 unspecified atom stereocenters. The number of fused-ring (bicyclic) bond motifs is 3. The summed E-state index contributed by atoms with van der Waals surface area (Å²) < 4.78 is 11.7. The molecule has 2 aliphatic rings. The molecule has 0 saturated carbocycles. The minimum absolute atomic E-state index is 0. The molecule has 2 heterocycles. The molecule has 1 aromatic rings. The van der Waals surface area contributed by atoms with Gasteiger partial charge in [0.2, 0.25) is 0 Å². The molecule has 19 heavy (non-hydrogen) atoms. The van der Waals surface area contributed by atoms with Gasteiger partial charge >= 0.3 is 0 Å². The number of morpholine rings is 1. The summed E-state index contributed by atoms with van der Waals surface area (Å²) in [7, 11) is 0. The molecule has 0 bridgehead atoms. The van der Waals surface area contributed by atoms with Crippen LogP contribution >= 0.6 is 12.4 Å². The summed E-state index contributed by atoms with van der Waals surface area (Å²) in [6.07, 6.45) is 1.16. The Morgan fingerprint density at radius 3 is 3.05 bits per heavy atom. The van der Waals surface area contributed by atoms with E-state index >= 15 is 0 Å². The lowest BCUT2D eigenvalue weighted by atomic mass is 9.96. The van der Waals surface area contributed by atoms with E-state index < -0.39 is 0 Å². The van der Waals surface area contributed by atoms with Gasteiger partial charge in [0.15, 0.2) is 0 Å². The van der Waals surface area contributed by atoms with E-state index in [-0.39, 0.29) is 30.3 Å². The van der Waals surface area contributed by atoms with E-state index in [2.05, 4.69) is 11.8 Å². The molecular weight excluding hydrogens is 266 g/mol. The van der Waals surface area contributed by atoms with Gasteiger partial charge in [0.05, 0.1) is 12.6 Å². The molecule has 1 aromatic carbocycles. The monoisotopic (exact) mass is 285 g/mol. The summed E-state index contributed by atoms with van der Waals surface area (Å²) >= 11 is 0. The Kier molecular flexibility index (Phi) is 4.55. The number of rotatable bonds is 2.